The van der Waals surface area contributed by atoms with Crippen LogP contribution in [0.5, 0.6) is 5.75 Å². The van der Waals surface area contributed by atoms with Gasteiger partial charge in [0.25, 0.3) is 0 Å². The Balaban J connectivity index is 2.48. The van der Waals surface area contributed by atoms with Gasteiger partial charge in [-0.1, -0.05) is 0 Å². The second-order valence-corrected chi connectivity index (χ2v) is 4.28. The summed E-state index contributed by atoms with van der Waals surface area (Å²) in [6, 6.07) is 0. The summed E-state index contributed by atoms with van der Waals surface area (Å²) in [5, 5.41) is 3.18. The van der Waals surface area contributed by atoms with Crippen LogP contribution >= 0.6 is 0 Å². The van der Waals surface area contributed by atoms with E-state index in [2.05, 4.69) is 10.3 Å². The van der Waals surface area contributed by atoms with Gasteiger partial charge in [-0.2, -0.15) is 0 Å². The van der Waals surface area contributed by atoms with E-state index < -0.39 is 0 Å². The lowest BCUT2D eigenvalue weighted by Gasteiger charge is -2.12. The lowest BCUT2D eigenvalue weighted by Crippen LogP contribution is -2.20. The highest BCUT2D eigenvalue weighted by atomic mass is 16.5. The van der Waals surface area contributed by atoms with Crippen molar-refractivity contribution in [1.29, 1.82) is 0 Å². The van der Waals surface area contributed by atoms with Crippen molar-refractivity contribution in [2.75, 3.05) is 20.3 Å². The van der Waals surface area contributed by atoms with Gasteiger partial charge in [0.15, 0.2) is 0 Å². The number of nitrogens with zero attached hydrogens (tertiary/aromatic N) is 1. The van der Waals surface area contributed by atoms with Crippen molar-refractivity contribution < 1.29 is 14.3 Å². The molecule has 0 bridgehead atoms. The first kappa shape index (κ1) is 15.4. The van der Waals surface area contributed by atoms with Gasteiger partial charge >= 0.3 is 5.97 Å². The molecule has 5 nitrogen and oxygen atoms in total. The molecular formula is C14H22N2O3. The maximum absolute atomic E-state index is 11.2. The molecule has 1 heterocycles. The Labute approximate surface area is 114 Å². The number of rotatable bonds is 7. The number of aromatic nitrogens is 1. The van der Waals surface area contributed by atoms with Gasteiger partial charge in [0, 0.05) is 30.4 Å². The standard InChI is InChI=1S/C14H22N2O3/c1-5-19-13(17)6-7-15-9-12-11(3)14(18-4)10(2)8-16-12/h8,15H,5-7,9H2,1-4H3. The second-order valence-electron chi connectivity index (χ2n) is 4.28. The van der Waals surface area contributed by atoms with Crippen molar-refractivity contribution >= 4 is 5.97 Å². The molecule has 0 aliphatic carbocycles. The zero-order chi connectivity index (χ0) is 14.3. The Morgan fingerprint density at radius 1 is 1.42 bits per heavy atom. The number of ether oxygens (including phenoxy) is 2. The maximum Gasteiger partial charge on any atom is 0.307 e. The third kappa shape index (κ3) is 4.52. The third-order valence-corrected chi connectivity index (χ3v) is 2.85. The molecule has 0 aliphatic rings. The van der Waals surface area contributed by atoms with Gasteiger partial charge < -0.3 is 14.8 Å². The van der Waals surface area contributed by atoms with Gasteiger partial charge in [0.2, 0.25) is 0 Å². The molecule has 1 N–H and O–H groups in total. The quantitative estimate of drug-likeness (QED) is 0.602. The molecule has 0 radical (unpaired) electrons. The van der Waals surface area contributed by atoms with E-state index in [4.69, 9.17) is 9.47 Å². The molecule has 0 saturated heterocycles. The topological polar surface area (TPSA) is 60.5 Å². The molecule has 0 aliphatic heterocycles. The number of carbonyl (C=O) groups is 1. The number of carbonyl (C=O) groups excluding carboxylic acids is 1. The average molecular weight is 266 g/mol. The highest BCUT2D eigenvalue weighted by Gasteiger charge is 2.09. The maximum atomic E-state index is 11.2. The van der Waals surface area contributed by atoms with E-state index in [0.29, 0.717) is 26.1 Å². The first-order chi connectivity index (χ1) is 9.10. The summed E-state index contributed by atoms with van der Waals surface area (Å²) in [5.74, 6) is 0.693. The Hall–Kier alpha value is -1.62. The van der Waals surface area contributed by atoms with Crippen LogP contribution in [-0.2, 0) is 16.1 Å². The van der Waals surface area contributed by atoms with Crippen LogP contribution in [0.25, 0.3) is 0 Å². The number of hydrogen-bond donors (Lipinski definition) is 1. The van der Waals surface area contributed by atoms with E-state index in [-0.39, 0.29) is 5.97 Å². The molecule has 5 heteroatoms. The van der Waals surface area contributed by atoms with Crippen LogP contribution in [0.4, 0.5) is 0 Å². The average Bonchev–Trinajstić information content (AvgIpc) is 2.38. The van der Waals surface area contributed by atoms with Gasteiger partial charge in [0.05, 0.1) is 25.8 Å². The van der Waals surface area contributed by atoms with Gasteiger partial charge in [-0.15, -0.1) is 0 Å². The first-order valence-corrected chi connectivity index (χ1v) is 6.45. The summed E-state index contributed by atoms with van der Waals surface area (Å²) in [6.45, 7) is 7.38. The third-order valence-electron chi connectivity index (χ3n) is 2.85. The van der Waals surface area contributed by atoms with Crippen molar-refractivity contribution in [2.45, 2.75) is 33.7 Å². The SMILES string of the molecule is CCOC(=O)CCNCc1ncc(C)c(OC)c1C. The summed E-state index contributed by atoms with van der Waals surface area (Å²) in [7, 11) is 1.66. The van der Waals surface area contributed by atoms with Crippen molar-refractivity contribution in [1.82, 2.24) is 10.3 Å². The molecule has 0 amide bonds. The predicted octanol–water partition coefficient (Wildman–Crippen LogP) is 1.75. The van der Waals surface area contributed by atoms with Crippen LogP contribution in [0, 0.1) is 13.8 Å². The van der Waals surface area contributed by atoms with Crippen LogP contribution in [0.3, 0.4) is 0 Å². The lowest BCUT2D eigenvalue weighted by atomic mass is 10.1. The number of aryl methyl sites for hydroxylation is 1. The highest BCUT2D eigenvalue weighted by Crippen LogP contribution is 2.23. The van der Waals surface area contributed by atoms with Crippen LogP contribution in [0.1, 0.15) is 30.2 Å². The van der Waals surface area contributed by atoms with Crippen LogP contribution in [0.2, 0.25) is 0 Å². The zero-order valence-electron chi connectivity index (χ0n) is 12.1. The fraction of sp³-hybridized carbons (Fsp3) is 0.571. The first-order valence-electron chi connectivity index (χ1n) is 6.45. The predicted molar refractivity (Wildman–Crippen MR) is 73.2 cm³/mol. The summed E-state index contributed by atoms with van der Waals surface area (Å²) in [6.07, 6.45) is 2.17. The van der Waals surface area contributed by atoms with E-state index >= 15 is 0 Å². The van der Waals surface area contributed by atoms with E-state index in [1.807, 2.05) is 13.8 Å². The summed E-state index contributed by atoms with van der Waals surface area (Å²) in [4.78, 5) is 15.5. The Morgan fingerprint density at radius 3 is 2.79 bits per heavy atom. The van der Waals surface area contributed by atoms with Gasteiger partial charge in [-0.3, -0.25) is 9.78 Å². The Morgan fingerprint density at radius 2 is 2.16 bits per heavy atom. The van der Waals surface area contributed by atoms with Crippen molar-refractivity contribution in [3.8, 4) is 5.75 Å². The van der Waals surface area contributed by atoms with Crippen LogP contribution in [-0.4, -0.2) is 31.2 Å². The summed E-state index contributed by atoms with van der Waals surface area (Å²) >= 11 is 0. The van der Waals surface area contributed by atoms with Gasteiger partial charge in [-0.25, -0.2) is 0 Å². The molecule has 0 fully saturated rings. The fourth-order valence-electron chi connectivity index (χ4n) is 1.88. The second kappa shape index (κ2) is 7.74. The lowest BCUT2D eigenvalue weighted by molar-refractivity contribution is -0.142. The number of nitrogens with one attached hydrogen (secondary N) is 1. The van der Waals surface area contributed by atoms with Crippen molar-refractivity contribution in [3.05, 3.63) is 23.0 Å². The van der Waals surface area contributed by atoms with Crippen molar-refractivity contribution in [2.24, 2.45) is 0 Å². The molecule has 1 aromatic heterocycles. The van der Waals surface area contributed by atoms with E-state index in [9.17, 15) is 4.79 Å². The minimum atomic E-state index is -0.179. The molecule has 0 unspecified atom stereocenters. The van der Waals surface area contributed by atoms with Crippen LogP contribution < -0.4 is 10.1 Å². The molecule has 19 heavy (non-hydrogen) atoms. The molecule has 106 valence electrons. The number of hydrogen-bond acceptors (Lipinski definition) is 5. The smallest absolute Gasteiger partial charge is 0.307 e. The molecule has 0 saturated carbocycles. The molecule has 0 atom stereocenters. The van der Waals surface area contributed by atoms with E-state index in [1.54, 1.807) is 20.2 Å². The minimum Gasteiger partial charge on any atom is -0.496 e. The fourth-order valence-corrected chi connectivity index (χ4v) is 1.88. The zero-order valence-corrected chi connectivity index (χ0v) is 12.1. The number of esters is 1. The largest absolute Gasteiger partial charge is 0.496 e. The van der Waals surface area contributed by atoms with Gasteiger partial charge in [0.1, 0.15) is 5.75 Å². The number of methoxy groups -OCH3 is 1. The molecule has 1 rings (SSSR count). The number of pyridine rings is 1. The molecular weight excluding hydrogens is 244 g/mol. The molecule has 0 aromatic carbocycles. The Kier molecular flexibility index (Phi) is 6.29. The van der Waals surface area contributed by atoms with Crippen LogP contribution in [0.15, 0.2) is 6.20 Å². The Bertz CT molecular complexity index is 433. The molecule has 0 spiro atoms. The van der Waals surface area contributed by atoms with Crippen molar-refractivity contribution in [3.63, 3.8) is 0 Å². The minimum absolute atomic E-state index is 0.179. The highest BCUT2D eigenvalue weighted by molar-refractivity contribution is 5.69. The summed E-state index contributed by atoms with van der Waals surface area (Å²) < 4.78 is 10.2. The van der Waals surface area contributed by atoms with E-state index in [0.717, 1.165) is 22.6 Å². The monoisotopic (exact) mass is 266 g/mol. The van der Waals surface area contributed by atoms with Gasteiger partial charge in [-0.05, 0) is 20.8 Å². The van der Waals surface area contributed by atoms with E-state index in [1.165, 1.54) is 0 Å². The normalized spacial score (nSPS) is 10.3. The summed E-state index contributed by atoms with van der Waals surface area (Å²) in [5.41, 5.74) is 2.99. The molecule has 1 aromatic rings.